The fourth-order valence-corrected chi connectivity index (χ4v) is 4.53. The smallest absolute Gasteiger partial charge is 0.408 e. The number of benzene rings is 2. The number of carbonyl (C=O) groups is 4. The maximum atomic E-state index is 14.1. The summed E-state index contributed by atoms with van der Waals surface area (Å²) in [6, 6.07) is 8.20. The molecule has 0 saturated heterocycles. The molecule has 1 fully saturated rings. The van der Waals surface area contributed by atoms with Gasteiger partial charge in [-0.1, -0.05) is 41.9 Å². The second-order valence-electron chi connectivity index (χ2n) is 11.0. The van der Waals surface area contributed by atoms with E-state index in [1.165, 1.54) is 4.90 Å². The molecule has 2 unspecified atom stereocenters. The van der Waals surface area contributed by atoms with E-state index >= 15 is 0 Å². The van der Waals surface area contributed by atoms with Gasteiger partial charge in [0.05, 0.1) is 17.1 Å². The van der Waals surface area contributed by atoms with Crippen LogP contribution in [0.1, 0.15) is 68.3 Å². The van der Waals surface area contributed by atoms with Crippen molar-refractivity contribution in [1.82, 2.24) is 10.2 Å². The molecule has 0 aliphatic heterocycles. The fraction of sp³-hybridized carbons (Fsp3) is 0.448. The van der Waals surface area contributed by atoms with Gasteiger partial charge >= 0.3 is 6.09 Å². The lowest BCUT2D eigenvalue weighted by atomic mass is 9.97. The van der Waals surface area contributed by atoms with Crippen molar-refractivity contribution in [1.29, 1.82) is 0 Å². The monoisotopic (exact) mass is 556 g/mol. The van der Waals surface area contributed by atoms with Gasteiger partial charge in [0.1, 0.15) is 17.7 Å². The zero-order valence-corrected chi connectivity index (χ0v) is 24.0. The summed E-state index contributed by atoms with van der Waals surface area (Å²) in [5.41, 5.74) is 8.40. The number of alkyl carbamates (subject to hydrolysis) is 1. The van der Waals surface area contributed by atoms with Gasteiger partial charge in [-0.3, -0.25) is 14.4 Å². The summed E-state index contributed by atoms with van der Waals surface area (Å²) in [5.74, 6) is -1.85. The Bertz CT molecular complexity index is 1250. The van der Waals surface area contributed by atoms with E-state index in [0.29, 0.717) is 29.1 Å². The van der Waals surface area contributed by atoms with Gasteiger partial charge in [0, 0.05) is 6.04 Å². The normalized spacial score (nSPS) is 14.6. The van der Waals surface area contributed by atoms with Crippen molar-refractivity contribution in [3.8, 4) is 0 Å². The number of aryl methyl sites for hydroxylation is 3. The number of halogens is 1. The maximum absolute atomic E-state index is 14.1. The first kappa shape index (κ1) is 30.0. The van der Waals surface area contributed by atoms with E-state index in [1.807, 2.05) is 39.0 Å². The fourth-order valence-electron chi connectivity index (χ4n) is 4.26. The van der Waals surface area contributed by atoms with Gasteiger partial charge in [0.15, 0.2) is 0 Å². The number of amides is 4. The Labute approximate surface area is 234 Å². The molecule has 9 nitrogen and oxygen atoms in total. The standard InChI is InChI=1S/C29H37ClN4O5/c1-16-10-11-19(14-18(16)3)25(26(36)33-24-17(2)8-7-9-21(24)30)34(20-12-13-20)27(37)22(15-23(31)35)32-28(38)39-29(4,5)6/h7-11,14,20,22,25H,12-13,15H2,1-6H3,(H2,31,35)(H,32,38)(H,33,36). The number of rotatable bonds is 9. The molecular weight excluding hydrogens is 520 g/mol. The Morgan fingerprint density at radius 3 is 2.26 bits per heavy atom. The van der Waals surface area contributed by atoms with Gasteiger partial charge < -0.3 is 26.0 Å². The third-order valence-corrected chi connectivity index (χ3v) is 6.75. The molecule has 2 aromatic carbocycles. The average Bonchev–Trinajstić information content (AvgIpc) is 3.64. The van der Waals surface area contributed by atoms with Gasteiger partial charge in [-0.25, -0.2) is 4.79 Å². The second-order valence-corrected chi connectivity index (χ2v) is 11.4. The van der Waals surface area contributed by atoms with Gasteiger partial charge in [0.2, 0.25) is 11.8 Å². The van der Waals surface area contributed by atoms with Crippen molar-refractivity contribution in [2.24, 2.45) is 5.73 Å². The van der Waals surface area contributed by atoms with E-state index in [0.717, 1.165) is 16.7 Å². The van der Waals surface area contributed by atoms with E-state index < -0.39 is 47.9 Å². The zero-order chi connectivity index (χ0) is 29.1. The van der Waals surface area contributed by atoms with Gasteiger partial charge in [-0.2, -0.15) is 0 Å². The van der Waals surface area contributed by atoms with Crippen LogP contribution >= 0.6 is 11.6 Å². The molecule has 2 atom stereocenters. The molecule has 1 saturated carbocycles. The first-order valence-corrected chi connectivity index (χ1v) is 13.3. The molecule has 10 heteroatoms. The van der Waals surface area contributed by atoms with Crippen molar-refractivity contribution in [2.75, 3.05) is 5.32 Å². The van der Waals surface area contributed by atoms with Crippen LogP contribution in [0.3, 0.4) is 0 Å². The number of hydrogen-bond donors (Lipinski definition) is 3. The molecule has 0 heterocycles. The van der Waals surface area contributed by atoms with Crippen molar-refractivity contribution >= 4 is 41.1 Å². The number of para-hydroxylation sites is 1. The molecule has 210 valence electrons. The van der Waals surface area contributed by atoms with Gasteiger partial charge in [-0.05, 0) is 82.7 Å². The number of primary amides is 1. The number of carbonyl (C=O) groups excluding carboxylic acids is 4. The highest BCUT2D eigenvalue weighted by Crippen LogP contribution is 2.37. The Kier molecular flexibility index (Phi) is 9.27. The SMILES string of the molecule is Cc1ccc(C(C(=O)Nc2c(C)cccc2Cl)N(C(=O)C(CC(N)=O)NC(=O)OC(C)(C)C)C2CC2)cc1C. The van der Waals surface area contributed by atoms with E-state index in [4.69, 9.17) is 22.1 Å². The third kappa shape index (κ3) is 7.95. The molecular formula is C29H37ClN4O5. The van der Waals surface area contributed by atoms with Gasteiger partial charge in [0.25, 0.3) is 5.91 Å². The number of anilines is 1. The molecule has 1 aliphatic carbocycles. The van der Waals surface area contributed by atoms with Crippen LogP contribution in [-0.2, 0) is 19.1 Å². The van der Waals surface area contributed by atoms with Crippen LogP contribution < -0.4 is 16.4 Å². The highest BCUT2D eigenvalue weighted by Gasteiger charge is 2.44. The van der Waals surface area contributed by atoms with Crippen LogP contribution in [0.5, 0.6) is 0 Å². The predicted octanol–water partition coefficient (Wildman–Crippen LogP) is 4.70. The summed E-state index contributed by atoms with van der Waals surface area (Å²) in [6.45, 7) is 10.8. The van der Waals surface area contributed by atoms with Crippen molar-refractivity contribution in [3.63, 3.8) is 0 Å². The van der Waals surface area contributed by atoms with Crippen LogP contribution in [0.25, 0.3) is 0 Å². The van der Waals surface area contributed by atoms with Crippen LogP contribution in [0.4, 0.5) is 10.5 Å². The molecule has 4 amide bonds. The molecule has 1 aliphatic rings. The maximum Gasteiger partial charge on any atom is 0.408 e. The summed E-state index contributed by atoms with van der Waals surface area (Å²) in [6.07, 6.45) is 0.0194. The summed E-state index contributed by atoms with van der Waals surface area (Å²) in [5, 5.41) is 5.77. The minimum Gasteiger partial charge on any atom is -0.444 e. The Balaban J connectivity index is 2.05. The first-order chi connectivity index (χ1) is 18.2. The van der Waals surface area contributed by atoms with E-state index in [1.54, 1.807) is 39.0 Å². The van der Waals surface area contributed by atoms with Crippen LogP contribution in [0.2, 0.25) is 5.02 Å². The number of nitrogens with two attached hydrogens (primary N) is 1. The highest BCUT2D eigenvalue weighted by molar-refractivity contribution is 6.34. The summed E-state index contributed by atoms with van der Waals surface area (Å²) in [4.78, 5) is 54.0. The molecule has 3 rings (SSSR count). The predicted molar refractivity (Wildman–Crippen MR) is 150 cm³/mol. The van der Waals surface area contributed by atoms with E-state index in [2.05, 4.69) is 10.6 Å². The largest absolute Gasteiger partial charge is 0.444 e. The summed E-state index contributed by atoms with van der Waals surface area (Å²) in [7, 11) is 0. The lowest BCUT2D eigenvalue weighted by Crippen LogP contribution is -2.54. The van der Waals surface area contributed by atoms with Crippen molar-refractivity contribution in [2.45, 2.75) is 84.5 Å². The molecule has 4 N–H and O–H groups in total. The topological polar surface area (TPSA) is 131 Å². The van der Waals surface area contributed by atoms with Crippen molar-refractivity contribution in [3.05, 3.63) is 63.7 Å². The van der Waals surface area contributed by atoms with Crippen LogP contribution in [0.15, 0.2) is 36.4 Å². The molecule has 2 aromatic rings. The van der Waals surface area contributed by atoms with Crippen LogP contribution in [-0.4, -0.2) is 46.4 Å². The summed E-state index contributed by atoms with van der Waals surface area (Å²) >= 11 is 6.40. The number of nitrogens with one attached hydrogen (secondary N) is 2. The minimum absolute atomic E-state index is 0.266. The Morgan fingerprint density at radius 2 is 1.72 bits per heavy atom. The Hall–Kier alpha value is -3.59. The number of hydrogen-bond acceptors (Lipinski definition) is 5. The zero-order valence-electron chi connectivity index (χ0n) is 23.3. The molecule has 0 spiro atoms. The lowest BCUT2D eigenvalue weighted by molar-refractivity contribution is -0.142. The van der Waals surface area contributed by atoms with E-state index in [-0.39, 0.29) is 6.04 Å². The quantitative estimate of drug-likeness (QED) is 0.412. The van der Waals surface area contributed by atoms with Crippen molar-refractivity contribution < 1.29 is 23.9 Å². The number of ether oxygens (including phenoxy) is 1. The molecule has 0 bridgehead atoms. The lowest BCUT2D eigenvalue weighted by Gasteiger charge is -2.35. The van der Waals surface area contributed by atoms with E-state index in [9.17, 15) is 19.2 Å². The minimum atomic E-state index is -1.32. The summed E-state index contributed by atoms with van der Waals surface area (Å²) < 4.78 is 5.32. The molecule has 0 aromatic heterocycles. The third-order valence-electron chi connectivity index (χ3n) is 6.43. The van der Waals surface area contributed by atoms with Crippen LogP contribution in [0, 0.1) is 20.8 Å². The molecule has 39 heavy (non-hydrogen) atoms. The van der Waals surface area contributed by atoms with Gasteiger partial charge in [-0.15, -0.1) is 0 Å². The second kappa shape index (κ2) is 12.1. The first-order valence-electron chi connectivity index (χ1n) is 12.9. The average molecular weight is 557 g/mol. The highest BCUT2D eigenvalue weighted by atomic mass is 35.5. The number of nitrogens with zero attached hydrogens (tertiary/aromatic N) is 1. The Morgan fingerprint density at radius 1 is 1.05 bits per heavy atom. The molecule has 0 radical (unpaired) electrons.